The molecule has 100 valence electrons. The van der Waals surface area contributed by atoms with Crippen molar-refractivity contribution in [3.63, 3.8) is 0 Å². The van der Waals surface area contributed by atoms with Crippen molar-refractivity contribution in [2.24, 2.45) is 0 Å². The van der Waals surface area contributed by atoms with Crippen molar-refractivity contribution in [3.05, 3.63) is 35.4 Å². The summed E-state index contributed by atoms with van der Waals surface area (Å²) in [5.41, 5.74) is 1.86. The summed E-state index contributed by atoms with van der Waals surface area (Å²) >= 11 is 0. The molecule has 2 atom stereocenters. The van der Waals surface area contributed by atoms with Crippen LogP contribution in [0.2, 0.25) is 0 Å². The average molecular weight is 251 g/mol. The Hall–Kier alpha value is -1.39. The van der Waals surface area contributed by atoms with Gasteiger partial charge in [-0.05, 0) is 25.5 Å². The molecule has 1 rings (SSSR count). The Balaban J connectivity index is 2.76. The molecule has 4 nitrogen and oxygen atoms in total. The van der Waals surface area contributed by atoms with E-state index in [4.69, 9.17) is 5.11 Å². The lowest BCUT2D eigenvalue weighted by molar-refractivity contribution is -0.138. The van der Waals surface area contributed by atoms with Crippen LogP contribution in [0.15, 0.2) is 24.3 Å². The average Bonchev–Trinajstić information content (AvgIpc) is 2.34. The summed E-state index contributed by atoms with van der Waals surface area (Å²) in [6.45, 7) is 4.67. The number of carboxylic acids is 1. The molecule has 4 heteroatoms. The van der Waals surface area contributed by atoms with Crippen LogP contribution in [0.4, 0.5) is 0 Å². The van der Waals surface area contributed by atoms with E-state index in [-0.39, 0.29) is 6.42 Å². The van der Waals surface area contributed by atoms with Crippen LogP contribution in [0.25, 0.3) is 0 Å². The second-order valence-corrected chi connectivity index (χ2v) is 4.51. The first-order chi connectivity index (χ1) is 8.54. The Bertz CT molecular complexity index is 375. The number of aliphatic hydroxyl groups excluding tert-OH is 1. The van der Waals surface area contributed by atoms with Crippen LogP contribution in [0.3, 0.4) is 0 Å². The summed E-state index contributed by atoms with van der Waals surface area (Å²) in [6, 6.07) is 7.04. The smallest absolute Gasteiger partial charge is 0.305 e. The lowest BCUT2D eigenvalue weighted by Gasteiger charge is -2.23. The molecule has 3 N–H and O–H groups in total. The highest BCUT2D eigenvalue weighted by Crippen LogP contribution is 2.19. The summed E-state index contributed by atoms with van der Waals surface area (Å²) in [5, 5.41) is 22.2. The first-order valence-corrected chi connectivity index (χ1v) is 6.24. The van der Waals surface area contributed by atoms with E-state index in [9.17, 15) is 9.90 Å². The molecule has 0 saturated heterocycles. The Labute approximate surface area is 108 Å². The standard InChI is InChI=1S/C14H21NO3/c1-3-8-15-12(9-13(16)17)14(18)11-6-4-10(2)5-7-11/h4-7,12,14-15,18H,3,8-9H2,1-2H3,(H,16,17). The number of aryl methyl sites for hydroxylation is 1. The molecule has 18 heavy (non-hydrogen) atoms. The number of aliphatic carboxylic acids is 1. The van der Waals surface area contributed by atoms with E-state index in [1.807, 2.05) is 38.1 Å². The Morgan fingerprint density at radius 3 is 2.44 bits per heavy atom. The maximum absolute atomic E-state index is 10.8. The first-order valence-electron chi connectivity index (χ1n) is 6.24. The fourth-order valence-electron chi connectivity index (χ4n) is 1.81. The van der Waals surface area contributed by atoms with Crippen molar-refractivity contribution >= 4 is 5.97 Å². The Kier molecular flexibility index (Phi) is 5.82. The van der Waals surface area contributed by atoms with E-state index in [0.29, 0.717) is 6.54 Å². The highest BCUT2D eigenvalue weighted by molar-refractivity contribution is 5.67. The largest absolute Gasteiger partial charge is 0.481 e. The van der Waals surface area contributed by atoms with Crippen LogP contribution < -0.4 is 5.32 Å². The van der Waals surface area contributed by atoms with Crippen molar-refractivity contribution < 1.29 is 15.0 Å². The monoisotopic (exact) mass is 251 g/mol. The van der Waals surface area contributed by atoms with Crippen LogP contribution in [-0.4, -0.2) is 28.8 Å². The molecule has 0 amide bonds. The van der Waals surface area contributed by atoms with E-state index < -0.39 is 18.1 Å². The molecular weight excluding hydrogens is 230 g/mol. The summed E-state index contributed by atoms with van der Waals surface area (Å²) in [5.74, 6) is -0.908. The number of hydrogen-bond acceptors (Lipinski definition) is 3. The Morgan fingerprint density at radius 1 is 1.33 bits per heavy atom. The molecule has 0 bridgehead atoms. The SMILES string of the molecule is CCCNC(CC(=O)O)C(O)c1ccc(C)cc1. The minimum Gasteiger partial charge on any atom is -0.481 e. The molecule has 0 radical (unpaired) electrons. The number of carboxylic acid groups (broad SMARTS) is 1. The van der Waals surface area contributed by atoms with Gasteiger partial charge < -0.3 is 15.5 Å². The lowest BCUT2D eigenvalue weighted by Crippen LogP contribution is -2.37. The molecule has 0 aromatic heterocycles. The third-order valence-corrected chi connectivity index (χ3v) is 2.85. The van der Waals surface area contributed by atoms with E-state index in [2.05, 4.69) is 5.32 Å². The van der Waals surface area contributed by atoms with Crippen LogP contribution in [0, 0.1) is 6.92 Å². The van der Waals surface area contributed by atoms with Crippen molar-refractivity contribution in [3.8, 4) is 0 Å². The predicted molar refractivity (Wildman–Crippen MR) is 70.5 cm³/mol. The van der Waals surface area contributed by atoms with Gasteiger partial charge in [0.15, 0.2) is 0 Å². The summed E-state index contributed by atoms with van der Waals surface area (Å²) < 4.78 is 0. The lowest BCUT2D eigenvalue weighted by atomic mass is 9.98. The van der Waals surface area contributed by atoms with Crippen LogP contribution >= 0.6 is 0 Å². The van der Waals surface area contributed by atoms with Crippen molar-refractivity contribution in [2.75, 3.05) is 6.54 Å². The summed E-state index contributed by atoms with van der Waals surface area (Å²) in [7, 11) is 0. The van der Waals surface area contributed by atoms with Gasteiger partial charge in [0.2, 0.25) is 0 Å². The van der Waals surface area contributed by atoms with E-state index in [1.165, 1.54) is 0 Å². The van der Waals surface area contributed by atoms with Crippen molar-refractivity contribution in [2.45, 2.75) is 38.8 Å². The predicted octanol–water partition coefficient (Wildman–Crippen LogP) is 1.87. The van der Waals surface area contributed by atoms with Crippen LogP contribution in [-0.2, 0) is 4.79 Å². The molecular formula is C14H21NO3. The second kappa shape index (κ2) is 7.13. The summed E-state index contributed by atoms with van der Waals surface area (Å²) in [6.07, 6.45) is 0.0134. The van der Waals surface area contributed by atoms with Gasteiger partial charge in [-0.3, -0.25) is 4.79 Å². The first kappa shape index (κ1) is 14.7. The number of benzene rings is 1. The molecule has 0 aliphatic heterocycles. The minimum absolute atomic E-state index is 0.0883. The van der Waals surface area contributed by atoms with Gasteiger partial charge in [0.05, 0.1) is 12.5 Å². The molecule has 0 saturated carbocycles. The van der Waals surface area contributed by atoms with Gasteiger partial charge >= 0.3 is 5.97 Å². The van der Waals surface area contributed by atoms with E-state index >= 15 is 0 Å². The highest BCUT2D eigenvalue weighted by Gasteiger charge is 2.22. The number of hydrogen-bond donors (Lipinski definition) is 3. The number of aliphatic hydroxyl groups is 1. The van der Waals surface area contributed by atoms with E-state index in [1.54, 1.807) is 0 Å². The maximum Gasteiger partial charge on any atom is 0.305 e. The topological polar surface area (TPSA) is 69.6 Å². The molecule has 1 aromatic rings. The van der Waals surface area contributed by atoms with Gasteiger partial charge in [-0.15, -0.1) is 0 Å². The normalized spacial score (nSPS) is 14.2. The molecule has 0 aliphatic carbocycles. The summed E-state index contributed by atoms with van der Waals surface area (Å²) in [4.78, 5) is 10.8. The van der Waals surface area contributed by atoms with Gasteiger partial charge in [0.1, 0.15) is 0 Å². The molecule has 0 heterocycles. The zero-order chi connectivity index (χ0) is 13.5. The molecule has 0 aliphatic rings. The minimum atomic E-state index is -0.908. The molecule has 0 spiro atoms. The molecule has 1 aromatic carbocycles. The quantitative estimate of drug-likeness (QED) is 0.692. The Morgan fingerprint density at radius 2 is 1.94 bits per heavy atom. The van der Waals surface area contributed by atoms with Gasteiger partial charge in [-0.25, -0.2) is 0 Å². The van der Waals surface area contributed by atoms with Crippen LogP contribution in [0.1, 0.15) is 37.0 Å². The highest BCUT2D eigenvalue weighted by atomic mass is 16.4. The molecule has 0 fully saturated rings. The zero-order valence-corrected chi connectivity index (χ0v) is 10.9. The van der Waals surface area contributed by atoms with Crippen LogP contribution in [0.5, 0.6) is 0 Å². The van der Waals surface area contributed by atoms with E-state index in [0.717, 1.165) is 17.5 Å². The second-order valence-electron chi connectivity index (χ2n) is 4.51. The number of carbonyl (C=O) groups is 1. The third kappa shape index (κ3) is 4.47. The fourth-order valence-corrected chi connectivity index (χ4v) is 1.81. The zero-order valence-electron chi connectivity index (χ0n) is 10.9. The third-order valence-electron chi connectivity index (χ3n) is 2.85. The van der Waals surface area contributed by atoms with Gasteiger partial charge in [-0.2, -0.15) is 0 Å². The van der Waals surface area contributed by atoms with Crippen molar-refractivity contribution in [1.29, 1.82) is 0 Å². The number of rotatable bonds is 7. The van der Waals surface area contributed by atoms with Crippen molar-refractivity contribution in [1.82, 2.24) is 5.32 Å². The van der Waals surface area contributed by atoms with Gasteiger partial charge in [0.25, 0.3) is 0 Å². The van der Waals surface area contributed by atoms with Gasteiger partial charge in [0, 0.05) is 6.04 Å². The number of nitrogens with one attached hydrogen (secondary N) is 1. The molecule has 2 unspecified atom stereocenters. The van der Waals surface area contributed by atoms with Gasteiger partial charge in [-0.1, -0.05) is 36.8 Å². The fraction of sp³-hybridized carbons (Fsp3) is 0.500. The maximum atomic E-state index is 10.8.